The Morgan fingerprint density at radius 1 is 1.00 bits per heavy atom. The molecule has 2 aromatic carbocycles. The lowest BCUT2D eigenvalue weighted by Crippen LogP contribution is -2.44. The van der Waals surface area contributed by atoms with Crippen molar-refractivity contribution in [3.63, 3.8) is 0 Å². The van der Waals surface area contributed by atoms with Crippen LogP contribution in [0.3, 0.4) is 0 Å². The molecule has 3 heterocycles. The van der Waals surface area contributed by atoms with E-state index in [2.05, 4.69) is 32.6 Å². The number of aromatic nitrogens is 1. The molecular formula is C24H30N5O4P. The van der Waals surface area contributed by atoms with E-state index in [1.807, 2.05) is 24.3 Å². The standard InChI is InChI=1S/C24H30N5O4P/c1-32-20-11-18-19(12-21(20)33-2)27-24(28-9-7-25-8-10-28)22-23(18)29(15-26-22)13-16-3-5-17(6-4-16)14-34(30)31/h3-6,11-12,25-26,30-31H,7-10,13-15H2,1-2H3. The fourth-order valence-electron chi connectivity index (χ4n) is 4.68. The fourth-order valence-corrected chi connectivity index (χ4v) is 5.22. The van der Waals surface area contributed by atoms with Crippen molar-refractivity contribution in [2.45, 2.75) is 12.7 Å². The minimum atomic E-state index is -1.93. The number of anilines is 3. The summed E-state index contributed by atoms with van der Waals surface area (Å²) in [5, 5.41) is 8.02. The van der Waals surface area contributed by atoms with Crippen molar-refractivity contribution in [3.05, 3.63) is 47.5 Å². The van der Waals surface area contributed by atoms with E-state index in [9.17, 15) is 9.79 Å². The Morgan fingerprint density at radius 2 is 1.68 bits per heavy atom. The lowest BCUT2D eigenvalue weighted by molar-refractivity contribution is 0.356. The maximum absolute atomic E-state index is 9.30. The summed E-state index contributed by atoms with van der Waals surface area (Å²) in [5.41, 5.74) is 5.09. The minimum absolute atomic E-state index is 0.287. The summed E-state index contributed by atoms with van der Waals surface area (Å²) in [6.07, 6.45) is 0.287. The van der Waals surface area contributed by atoms with Gasteiger partial charge in [-0.05, 0) is 17.2 Å². The Labute approximate surface area is 200 Å². The molecule has 1 aromatic heterocycles. The molecule has 0 atom stereocenters. The monoisotopic (exact) mass is 483 g/mol. The van der Waals surface area contributed by atoms with Gasteiger partial charge in [0, 0.05) is 50.3 Å². The molecule has 5 rings (SSSR count). The average Bonchev–Trinajstić information content (AvgIpc) is 3.28. The van der Waals surface area contributed by atoms with Gasteiger partial charge in [0.25, 0.3) is 0 Å². The Hall–Kier alpha value is -2.84. The smallest absolute Gasteiger partial charge is 0.169 e. The first-order valence-electron chi connectivity index (χ1n) is 11.3. The zero-order valence-corrected chi connectivity index (χ0v) is 20.3. The number of hydrogen-bond donors (Lipinski definition) is 4. The average molecular weight is 484 g/mol. The van der Waals surface area contributed by atoms with Gasteiger partial charge in [0.1, 0.15) is 5.69 Å². The molecule has 3 aromatic rings. The molecule has 0 saturated carbocycles. The molecule has 10 heteroatoms. The molecule has 0 amide bonds. The van der Waals surface area contributed by atoms with Gasteiger partial charge >= 0.3 is 0 Å². The summed E-state index contributed by atoms with van der Waals surface area (Å²) in [6, 6.07) is 12.0. The van der Waals surface area contributed by atoms with E-state index in [0.29, 0.717) is 24.7 Å². The largest absolute Gasteiger partial charge is 0.493 e. The minimum Gasteiger partial charge on any atom is -0.493 e. The highest BCUT2D eigenvalue weighted by Crippen LogP contribution is 2.46. The van der Waals surface area contributed by atoms with E-state index in [0.717, 1.165) is 65.4 Å². The third-order valence-corrected chi connectivity index (χ3v) is 6.99. The van der Waals surface area contributed by atoms with Gasteiger partial charge in [-0.3, -0.25) is 0 Å². The van der Waals surface area contributed by atoms with Crippen LogP contribution < -0.4 is 29.9 Å². The number of fused-ring (bicyclic) bond motifs is 3. The van der Waals surface area contributed by atoms with E-state index in [-0.39, 0.29) is 6.16 Å². The van der Waals surface area contributed by atoms with Gasteiger partial charge in [0.05, 0.1) is 32.1 Å². The van der Waals surface area contributed by atoms with E-state index in [1.165, 1.54) is 0 Å². The zero-order valence-electron chi connectivity index (χ0n) is 19.4. The first kappa shape index (κ1) is 22.9. The Kier molecular flexibility index (Phi) is 6.61. The molecule has 9 nitrogen and oxygen atoms in total. The van der Waals surface area contributed by atoms with Gasteiger partial charge in [0.2, 0.25) is 0 Å². The number of benzene rings is 2. The van der Waals surface area contributed by atoms with Crippen molar-refractivity contribution in [2.24, 2.45) is 0 Å². The van der Waals surface area contributed by atoms with E-state index in [1.54, 1.807) is 14.2 Å². The van der Waals surface area contributed by atoms with Crippen molar-refractivity contribution >= 4 is 36.5 Å². The second-order valence-corrected chi connectivity index (χ2v) is 9.56. The molecule has 0 radical (unpaired) electrons. The highest BCUT2D eigenvalue weighted by Gasteiger charge is 2.29. The van der Waals surface area contributed by atoms with Gasteiger partial charge in [-0.15, -0.1) is 0 Å². The molecule has 2 aliphatic rings. The number of methoxy groups -OCH3 is 2. The van der Waals surface area contributed by atoms with E-state index < -0.39 is 8.38 Å². The van der Waals surface area contributed by atoms with Crippen molar-refractivity contribution < 1.29 is 19.3 Å². The molecular weight excluding hydrogens is 453 g/mol. The molecule has 1 saturated heterocycles. The Bertz CT molecular complexity index is 1170. The SMILES string of the molecule is COc1cc2nc(N3CCNCC3)c3c(c2cc1OC)N(Cc1ccc(CP(O)O)cc1)CN3. The van der Waals surface area contributed by atoms with Crippen LogP contribution in [0.1, 0.15) is 11.1 Å². The number of pyridine rings is 1. The lowest BCUT2D eigenvalue weighted by Gasteiger charge is -2.30. The zero-order chi connectivity index (χ0) is 23.7. The first-order valence-corrected chi connectivity index (χ1v) is 12.8. The van der Waals surface area contributed by atoms with Gasteiger partial charge in [-0.1, -0.05) is 24.3 Å². The number of rotatable bonds is 7. The predicted molar refractivity (Wildman–Crippen MR) is 136 cm³/mol. The summed E-state index contributed by atoms with van der Waals surface area (Å²) >= 11 is 0. The summed E-state index contributed by atoms with van der Waals surface area (Å²) < 4.78 is 11.2. The van der Waals surface area contributed by atoms with Crippen molar-refractivity contribution in [1.82, 2.24) is 10.3 Å². The predicted octanol–water partition coefficient (Wildman–Crippen LogP) is 2.85. The number of ether oxygens (including phenoxy) is 2. The summed E-state index contributed by atoms with van der Waals surface area (Å²) in [4.78, 5) is 28.3. The molecule has 180 valence electrons. The molecule has 0 aliphatic carbocycles. The van der Waals surface area contributed by atoms with Crippen LogP contribution in [0.4, 0.5) is 17.2 Å². The molecule has 0 spiro atoms. The van der Waals surface area contributed by atoms with Crippen LogP contribution in [-0.4, -0.2) is 61.8 Å². The van der Waals surface area contributed by atoms with Crippen LogP contribution in [0.5, 0.6) is 11.5 Å². The van der Waals surface area contributed by atoms with Crippen molar-refractivity contribution in [1.29, 1.82) is 0 Å². The maximum atomic E-state index is 9.30. The van der Waals surface area contributed by atoms with Crippen LogP contribution in [0.2, 0.25) is 0 Å². The van der Waals surface area contributed by atoms with E-state index >= 15 is 0 Å². The molecule has 1 fully saturated rings. The highest BCUT2D eigenvalue weighted by atomic mass is 31.2. The topological polar surface area (TPSA) is 102 Å². The molecule has 4 N–H and O–H groups in total. The van der Waals surface area contributed by atoms with Gasteiger partial charge < -0.3 is 39.7 Å². The second kappa shape index (κ2) is 9.80. The van der Waals surface area contributed by atoms with Crippen LogP contribution in [-0.2, 0) is 12.7 Å². The number of piperazine rings is 1. The number of nitrogens with one attached hydrogen (secondary N) is 2. The number of hydrogen-bond acceptors (Lipinski definition) is 9. The molecule has 0 unspecified atom stereocenters. The Balaban J connectivity index is 1.56. The van der Waals surface area contributed by atoms with Crippen LogP contribution in [0.25, 0.3) is 10.9 Å². The maximum Gasteiger partial charge on any atom is 0.169 e. The van der Waals surface area contributed by atoms with E-state index in [4.69, 9.17) is 14.5 Å². The quantitative estimate of drug-likeness (QED) is 0.378. The molecule has 34 heavy (non-hydrogen) atoms. The summed E-state index contributed by atoms with van der Waals surface area (Å²) in [7, 11) is 1.36. The van der Waals surface area contributed by atoms with Crippen LogP contribution in [0, 0.1) is 0 Å². The first-order chi connectivity index (χ1) is 16.6. The third kappa shape index (κ3) is 4.44. The summed E-state index contributed by atoms with van der Waals surface area (Å²) in [6.45, 7) is 5.05. The third-order valence-electron chi connectivity index (χ3n) is 6.34. The van der Waals surface area contributed by atoms with Gasteiger partial charge in [0.15, 0.2) is 25.7 Å². The fraction of sp³-hybridized carbons (Fsp3) is 0.375. The number of nitrogens with zero attached hydrogens (tertiary/aromatic N) is 3. The normalized spacial score (nSPS) is 15.6. The lowest BCUT2D eigenvalue weighted by atomic mass is 10.1. The second-order valence-electron chi connectivity index (χ2n) is 8.50. The van der Waals surface area contributed by atoms with Crippen molar-refractivity contribution in [2.75, 3.05) is 62.2 Å². The highest BCUT2D eigenvalue weighted by molar-refractivity contribution is 7.44. The van der Waals surface area contributed by atoms with Gasteiger partial charge in [-0.2, -0.15) is 0 Å². The summed E-state index contributed by atoms with van der Waals surface area (Å²) in [5.74, 6) is 2.30. The molecule has 2 aliphatic heterocycles. The van der Waals surface area contributed by atoms with Crippen molar-refractivity contribution in [3.8, 4) is 11.5 Å². The Morgan fingerprint density at radius 3 is 2.35 bits per heavy atom. The van der Waals surface area contributed by atoms with Gasteiger partial charge in [-0.25, -0.2) is 4.98 Å². The molecule has 0 bridgehead atoms. The van der Waals surface area contributed by atoms with Crippen LogP contribution >= 0.6 is 8.38 Å². The van der Waals surface area contributed by atoms with Crippen LogP contribution in [0.15, 0.2) is 36.4 Å².